The molecule has 0 radical (unpaired) electrons. The average molecular weight is 395 g/mol. The molecule has 3 aromatic rings. The summed E-state index contributed by atoms with van der Waals surface area (Å²) in [6, 6.07) is 14.7. The van der Waals surface area contributed by atoms with Crippen molar-refractivity contribution in [1.29, 1.82) is 0 Å². The topological polar surface area (TPSA) is 100 Å². The number of thioether (sulfide) groups is 1. The number of hydrogen-bond donors (Lipinski definition) is 2. The Kier molecular flexibility index (Phi) is 4.98. The maximum absolute atomic E-state index is 12.7. The number of H-pyrrole nitrogens is 1. The number of fused-ring (bicyclic) bond motifs is 1. The Bertz CT molecular complexity index is 1020. The standard InChI is InChI=1S/C19H17N5O3S/c1-27-13-8-6-12(7-9-13)18-21-19(23-22-18)28-11-17(26)24-10-16(25)20-14-4-2-3-5-15(14)24/h2-9H,10-11H2,1H3,(H,20,25)(H,21,22,23). The number of nitrogens with zero attached hydrogens (tertiary/aromatic N) is 3. The number of benzene rings is 2. The number of carbonyl (C=O) groups is 2. The van der Waals surface area contributed by atoms with Gasteiger partial charge in [-0.15, -0.1) is 5.10 Å². The van der Waals surface area contributed by atoms with Gasteiger partial charge in [0.1, 0.15) is 12.3 Å². The third-order valence-corrected chi connectivity index (χ3v) is 5.06. The summed E-state index contributed by atoms with van der Waals surface area (Å²) in [5.74, 6) is 1.11. The van der Waals surface area contributed by atoms with Gasteiger partial charge in [0.25, 0.3) is 0 Å². The van der Waals surface area contributed by atoms with E-state index >= 15 is 0 Å². The van der Waals surface area contributed by atoms with Crippen molar-refractivity contribution in [3.63, 3.8) is 0 Å². The SMILES string of the molecule is COc1ccc(-c2nc(SCC(=O)N3CC(=O)Nc4ccccc43)n[nH]2)cc1. The Balaban J connectivity index is 1.43. The number of ether oxygens (including phenoxy) is 1. The van der Waals surface area contributed by atoms with Crippen molar-refractivity contribution in [1.82, 2.24) is 15.2 Å². The number of amides is 2. The first kappa shape index (κ1) is 18.1. The fourth-order valence-electron chi connectivity index (χ4n) is 2.85. The van der Waals surface area contributed by atoms with E-state index in [4.69, 9.17) is 4.74 Å². The summed E-state index contributed by atoms with van der Waals surface area (Å²) in [7, 11) is 1.61. The van der Waals surface area contributed by atoms with Crippen LogP contribution in [0.2, 0.25) is 0 Å². The molecule has 4 rings (SSSR count). The second-order valence-electron chi connectivity index (χ2n) is 6.03. The zero-order chi connectivity index (χ0) is 19.5. The highest BCUT2D eigenvalue weighted by Crippen LogP contribution is 2.30. The Labute approximate surface area is 165 Å². The molecule has 0 aliphatic carbocycles. The highest BCUT2D eigenvalue weighted by molar-refractivity contribution is 7.99. The number of carbonyl (C=O) groups excluding carboxylic acids is 2. The van der Waals surface area contributed by atoms with Gasteiger partial charge in [-0.1, -0.05) is 23.9 Å². The minimum absolute atomic E-state index is 0.00149. The Morgan fingerprint density at radius 2 is 2.00 bits per heavy atom. The Morgan fingerprint density at radius 1 is 1.21 bits per heavy atom. The van der Waals surface area contributed by atoms with Gasteiger partial charge in [-0.3, -0.25) is 14.7 Å². The molecular formula is C19H17N5O3S. The lowest BCUT2D eigenvalue weighted by Crippen LogP contribution is -2.43. The van der Waals surface area contributed by atoms with Crippen LogP contribution in [0.1, 0.15) is 0 Å². The molecule has 2 aromatic carbocycles. The maximum atomic E-state index is 12.7. The molecule has 1 aromatic heterocycles. The Hall–Kier alpha value is -3.33. The number of aromatic amines is 1. The molecular weight excluding hydrogens is 378 g/mol. The van der Waals surface area contributed by atoms with Crippen LogP contribution in [0.15, 0.2) is 53.7 Å². The summed E-state index contributed by atoms with van der Waals surface area (Å²) >= 11 is 1.22. The van der Waals surface area contributed by atoms with Gasteiger partial charge in [-0.2, -0.15) is 0 Å². The normalized spacial score (nSPS) is 13.0. The number of nitrogens with one attached hydrogen (secondary N) is 2. The fraction of sp³-hybridized carbons (Fsp3) is 0.158. The molecule has 2 N–H and O–H groups in total. The molecule has 0 fully saturated rings. The molecule has 0 unspecified atom stereocenters. The van der Waals surface area contributed by atoms with Gasteiger partial charge in [-0.25, -0.2) is 4.98 Å². The zero-order valence-electron chi connectivity index (χ0n) is 15.0. The number of para-hydroxylation sites is 2. The fourth-order valence-corrected chi connectivity index (χ4v) is 3.52. The van der Waals surface area contributed by atoms with Crippen LogP contribution >= 0.6 is 11.8 Å². The lowest BCUT2D eigenvalue weighted by molar-refractivity contribution is -0.120. The van der Waals surface area contributed by atoms with Gasteiger partial charge >= 0.3 is 0 Å². The molecule has 1 aliphatic rings. The van der Waals surface area contributed by atoms with Crippen LogP contribution in [0.25, 0.3) is 11.4 Å². The summed E-state index contributed by atoms with van der Waals surface area (Å²) in [5, 5.41) is 10.3. The maximum Gasteiger partial charge on any atom is 0.244 e. The first-order valence-electron chi connectivity index (χ1n) is 8.53. The third kappa shape index (κ3) is 3.70. The van der Waals surface area contributed by atoms with Crippen LogP contribution < -0.4 is 15.0 Å². The van der Waals surface area contributed by atoms with E-state index < -0.39 is 0 Å². The predicted molar refractivity (Wildman–Crippen MR) is 107 cm³/mol. The quantitative estimate of drug-likeness (QED) is 0.644. The smallest absolute Gasteiger partial charge is 0.244 e. The highest BCUT2D eigenvalue weighted by atomic mass is 32.2. The van der Waals surface area contributed by atoms with Gasteiger partial charge in [-0.05, 0) is 36.4 Å². The molecule has 0 bridgehead atoms. The summed E-state index contributed by atoms with van der Waals surface area (Å²) in [4.78, 5) is 30.4. The third-order valence-electron chi connectivity index (χ3n) is 4.22. The summed E-state index contributed by atoms with van der Waals surface area (Å²) < 4.78 is 5.14. The molecule has 2 amide bonds. The number of anilines is 2. The highest BCUT2D eigenvalue weighted by Gasteiger charge is 2.26. The van der Waals surface area contributed by atoms with Crippen molar-refractivity contribution in [2.45, 2.75) is 5.16 Å². The molecule has 0 atom stereocenters. The second-order valence-corrected chi connectivity index (χ2v) is 6.97. The van der Waals surface area contributed by atoms with Gasteiger partial charge in [0, 0.05) is 5.56 Å². The van der Waals surface area contributed by atoms with Crippen LogP contribution in [0.3, 0.4) is 0 Å². The second kappa shape index (κ2) is 7.73. The van der Waals surface area contributed by atoms with Crippen molar-refractivity contribution >= 4 is 35.0 Å². The molecule has 2 heterocycles. The number of methoxy groups -OCH3 is 1. The van der Waals surface area contributed by atoms with Crippen LogP contribution in [-0.2, 0) is 9.59 Å². The first-order valence-corrected chi connectivity index (χ1v) is 9.51. The van der Waals surface area contributed by atoms with Crippen LogP contribution in [-0.4, -0.2) is 46.4 Å². The molecule has 0 saturated heterocycles. The molecule has 8 nitrogen and oxygen atoms in total. The van der Waals surface area contributed by atoms with E-state index in [0.29, 0.717) is 22.4 Å². The van der Waals surface area contributed by atoms with Gasteiger partial charge in [0.2, 0.25) is 17.0 Å². The zero-order valence-corrected chi connectivity index (χ0v) is 15.8. The number of hydrogen-bond acceptors (Lipinski definition) is 6. The van der Waals surface area contributed by atoms with Crippen molar-refractivity contribution in [3.8, 4) is 17.1 Å². The number of aromatic nitrogens is 3. The molecule has 0 spiro atoms. The van der Waals surface area contributed by atoms with E-state index in [1.54, 1.807) is 13.2 Å². The van der Waals surface area contributed by atoms with Crippen molar-refractivity contribution in [2.75, 3.05) is 29.6 Å². The minimum Gasteiger partial charge on any atom is -0.497 e. The monoisotopic (exact) mass is 395 g/mol. The average Bonchev–Trinajstić information content (AvgIpc) is 3.20. The molecule has 142 valence electrons. The molecule has 9 heteroatoms. The van der Waals surface area contributed by atoms with E-state index in [9.17, 15) is 9.59 Å². The van der Waals surface area contributed by atoms with E-state index in [-0.39, 0.29) is 24.1 Å². The van der Waals surface area contributed by atoms with Gasteiger partial charge < -0.3 is 15.0 Å². The molecule has 1 aliphatic heterocycles. The summed E-state index contributed by atoms with van der Waals surface area (Å²) in [6.07, 6.45) is 0. The predicted octanol–water partition coefficient (Wildman–Crippen LogP) is 2.56. The first-order chi connectivity index (χ1) is 13.6. The molecule has 28 heavy (non-hydrogen) atoms. The van der Waals surface area contributed by atoms with Gasteiger partial charge in [0.15, 0.2) is 5.82 Å². The lowest BCUT2D eigenvalue weighted by Gasteiger charge is -2.28. The van der Waals surface area contributed by atoms with E-state index in [1.807, 2.05) is 42.5 Å². The van der Waals surface area contributed by atoms with Crippen LogP contribution in [0.5, 0.6) is 5.75 Å². The van der Waals surface area contributed by atoms with Crippen molar-refractivity contribution in [3.05, 3.63) is 48.5 Å². The number of rotatable bonds is 5. The molecule has 0 saturated carbocycles. The van der Waals surface area contributed by atoms with E-state index in [2.05, 4.69) is 20.5 Å². The van der Waals surface area contributed by atoms with E-state index in [1.165, 1.54) is 16.7 Å². The summed E-state index contributed by atoms with van der Waals surface area (Å²) in [5.41, 5.74) is 2.20. The van der Waals surface area contributed by atoms with Crippen molar-refractivity contribution < 1.29 is 14.3 Å². The summed E-state index contributed by atoms with van der Waals surface area (Å²) in [6.45, 7) is 0.00149. The Morgan fingerprint density at radius 3 is 2.79 bits per heavy atom. The largest absolute Gasteiger partial charge is 0.497 e. The minimum atomic E-state index is -0.211. The van der Waals surface area contributed by atoms with Crippen LogP contribution in [0.4, 0.5) is 11.4 Å². The van der Waals surface area contributed by atoms with Crippen molar-refractivity contribution in [2.24, 2.45) is 0 Å². The van der Waals surface area contributed by atoms with E-state index in [0.717, 1.165) is 11.3 Å². The van der Waals surface area contributed by atoms with Crippen LogP contribution in [0, 0.1) is 0 Å². The lowest BCUT2D eigenvalue weighted by atomic mass is 10.2. The van der Waals surface area contributed by atoms with Gasteiger partial charge in [0.05, 0.1) is 24.2 Å².